The zero-order valence-corrected chi connectivity index (χ0v) is 10.4. The van der Waals surface area contributed by atoms with Gasteiger partial charge in [-0.3, -0.25) is 0 Å². The highest BCUT2D eigenvalue weighted by Gasteiger charge is 2.30. The molecule has 0 unspecified atom stereocenters. The number of thiophene rings is 1. The fourth-order valence-corrected chi connectivity index (χ4v) is 3.34. The van der Waals surface area contributed by atoms with Gasteiger partial charge in [0.1, 0.15) is 0 Å². The lowest BCUT2D eigenvalue weighted by Crippen LogP contribution is -2.38. The molecule has 0 radical (unpaired) electrons. The second-order valence-electron chi connectivity index (χ2n) is 4.34. The topological polar surface area (TPSA) is 36.4 Å². The molecule has 2 aliphatic rings. The fourth-order valence-electron chi connectivity index (χ4n) is 2.38. The standard InChI is InChI=1S/C11H14ClN3S/c12-7-5-16-6-10(7)15-11-13-8-3-1-2-4-9(8)14-11/h5-6,8-9H,1-4H2,(H2,13,14,15)/t8-,9-/m0/s1. The van der Waals surface area contributed by atoms with Crippen molar-refractivity contribution in [3.8, 4) is 0 Å². The van der Waals surface area contributed by atoms with E-state index in [0.717, 1.165) is 16.7 Å². The summed E-state index contributed by atoms with van der Waals surface area (Å²) >= 11 is 7.63. The highest BCUT2D eigenvalue weighted by Crippen LogP contribution is 2.28. The molecule has 1 aromatic rings. The van der Waals surface area contributed by atoms with E-state index in [9.17, 15) is 0 Å². The number of fused-ring (bicyclic) bond motifs is 1. The average molecular weight is 256 g/mol. The van der Waals surface area contributed by atoms with Crippen molar-refractivity contribution in [3.63, 3.8) is 0 Å². The Balaban J connectivity index is 1.71. The Labute approximate surface area is 104 Å². The van der Waals surface area contributed by atoms with E-state index in [-0.39, 0.29) is 0 Å². The molecule has 3 rings (SSSR count). The molecule has 1 saturated carbocycles. The van der Waals surface area contributed by atoms with Gasteiger partial charge in [0.15, 0.2) is 5.96 Å². The maximum absolute atomic E-state index is 6.04. The molecule has 2 atom stereocenters. The number of nitrogens with one attached hydrogen (secondary N) is 2. The molecule has 16 heavy (non-hydrogen) atoms. The van der Waals surface area contributed by atoms with Crippen LogP contribution in [0.5, 0.6) is 0 Å². The first-order chi connectivity index (χ1) is 7.83. The van der Waals surface area contributed by atoms with Crippen molar-refractivity contribution in [3.05, 3.63) is 15.8 Å². The summed E-state index contributed by atoms with van der Waals surface area (Å²) in [4.78, 5) is 4.67. The SMILES string of the molecule is Clc1cscc1NC1=N[C@H]2CCCC[C@@H]2N1. The van der Waals surface area contributed by atoms with Crippen LogP contribution in [-0.4, -0.2) is 18.0 Å². The zero-order chi connectivity index (χ0) is 11.0. The second kappa shape index (κ2) is 4.26. The molecule has 86 valence electrons. The van der Waals surface area contributed by atoms with Crippen molar-refractivity contribution in [2.45, 2.75) is 37.8 Å². The lowest BCUT2D eigenvalue weighted by atomic mass is 9.92. The Kier molecular flexibility index (Phi) is 2.77. The predicted molar refractivity (Wildman–Crippen MR) is 69.6 cm³/mol. The maximum Gasteiger partial charge on any atom is 0.196 e. The van der Waals surface area contributed by atoms with Gasteiger partial charge in [-0.1, -0.05) is 24.4 Å². The van der Waals surface area contributed by atoms with Gasteiger partial charge in [0.05, 0.1) is 22.8 Å². The molecule has 0 amide bonds. The van der Waals surface area contributed by atoms with Crippen LogP contribution >= 0.6 is 22.9 Å². The minimum absolute atomic E-state index is 0.466. The molecule has 0 saturated heterocycles. The van der Waals surface area contributed by atoms with Crippen molar-refractivity contribution >= 4 is 34.6 Å². The van der Waals surface area contributed by atoms with Crippen LogP contribution in [0.15, 0.2) is 15.8 Å². The van der Waals surface area contributed by atoms with E-state index < -0.39 is 0 Å². The summed E-state index contributed by atoms with van der Waals surface area (Å²) in [5.41, 5.74) is 0.955. The summed E-state index contributed by atoms with van der Waals surface area (Å²) in [7, 11) is 0. The summed E-state index contributed by atoms with van der Waals surface area (Å²) in [5, 5.41) is 11.4. The molecule has 1 aromatic heterocycles. The monoisotopic (exact) mass is 255 g/mol. The highest BCUT2D eigenvalue weighted by atomic mass is 35.5. The first kappa shape index (κ1) is 10.4. The summed E-state index contributed by atoms with van der Waals surface area (Å²) in [6.45, 7) is 0. The lowest BCUT2D eigenvalue weighted by molar-refractivity contribution is 0.384. The molecule has 0 spiro atoms. The van der Waals surface area contributed by atoms with Crippen LogP contribution in [0.4, 0.5) is 5.69 Å². The number of halogens is 1. The van der Waals surface area contributed by atoms with E-state index in [1.165, 1.54) is 25.7 Å². The van der Waals surface area contributed by atoms with E-state index in [1.54, 1.807) is 11.3 Å². The molecule has 2 N–H and O–H groups in total. The fraction of sp³-hybridized carbons (Fsp3) is 0.545. The second-order valence-corrected chi connectivity index (χ2v) is 5.49. The number of hydrogen-bond acceptors (Lipinski definition) is 4. The normalized spacial score (nSPS) is 28.2. The predicted octanol–water partition coefficient (Wildman–Crippen LogP) is 3.08. The van der Waals surface area contributed by atoms with Gasteiger partial charge >= 0.3 is 0 Å². The summed E-state index contributed by atoms with van der Waals surface area (Å²) in [6.07, 6.45) is 5.06. The number of aliphatic imine (C=N–C) groups is 1. The third-order valence-electron chi connectivity index (χ3n) is 3.21. The Morgan fingerprint density at radius 2 is 2.25 bits per heavy atom. The molecule has 3 nitrogen and oxygen atoms in total. The first-order valence-corrected chi connectivity index (χ1v) is 6.98. The smallest absolute Gasteiger partial charge is 0.196 e. The molecule has 2 heterocycles. The van der Waals surface area contributed by atoms with Crippen molar-refractivity contribution in [2.75, 3.05) is 5.32 Å². The van der Waals surface area contributed by atoms with E-state index in [1.807, 2.05) is 10.8 Å². The van der Waals surface area contributed by atoms with E-state index in [0.29, 0.717) is 12.1 Å². The minimum atomic E-state index is 0.466. The molecule has 0 bridgehead atoms. The molecule has 1 aliphatic carbocycles. The zero-order valence-electron chi connectivity index (χ0n) is 8.87. The third-order valence-corrected chi connectivity index (χ3v) is 4.40. The van der Waals surface area contributed by atoms with E-state index in [4.69, 9.17) is 11.6 Å². The largest absolute Gasteiger partial charge is 0.351 e. The Morgan fingerprint density at radius 3 is 3.00 bits per heavy atom. The minimum Gasteiger partial charge on any atom is -0.351 e. The Hall–Kier alpha value is -0.740. The van der Waals surface area contributed by atoms with E-state index >= 15 is 0 Å². The quantitative estimate of drug-likeness (QED) is 0.809. The molecule has 1 aliphatic heterocycles. The molecular weight excluding hydrogens is 242 g/mol. The Morgan fingerprint density at radius 1 is 1.38 bits per heavy atom. The molecule has 5 heteroatoms. The lowest BCUT2D eigenvalue weighted by Gasteiger charge is -2.23. The van der Waals surface area contributed by atoms with Crippen LogP contribution in [0, 0.1) is 0 Å². The number of nitrogens with zero attached hydrogens (tertiary/aromatic N) is 1. The average Bonchev–Trinajstić information content (AvgIpc) is 2.85. The highest BCUT2D eigenvalue weighted by molar-refractivity contribution is 7.09. The summed E-state index contributed by atoms with van der Waals surface area (Å²) in [6, 6.07) is 1.00. The summed E-state index contributed by atoms with van der Waals surface area (Å²) in [5.74, 6) is 0.886. The van der Waals surface area contributed by atoms with Crippen LogP contribution in [-0.2, 0) is 0 Å². The third kappa shape index (κ3) is 1.92. The van der Waals surface area contributed by atoms with Gasteiger partial charge in [0, 0.05) is 10.8 Å². The van der Waals surface area contributed by atoms with Gasteiger partial charge in [-0.15, -0.1) is 11.3 Å². The first-order valence-electron chi connectivity index (χ1n) is 5.66. The summed E-state index contributed by atoms with van der Waals surface area (Å²) < 4.78 is 0. The molecule has 0 aromatic carbocycles. The Bertz CT molecular complexity index is 415. The van der Waals surface area contributed by atoms with Crippen molar-refractivity contribution in [1.82, 2.24) is 5.32 Å². The van der Waals surface area contributed by atoms with E-state index in [2.05, 4.69) is 15.6 Å². The van der Waals surface area contributed by atoms with Crippen molar-refractivity contribution < 1.29 is 0 Å². The van der Waals surface area contributed by atoms with Gasteiger partial charge < -0.3 is 10.6 Å². The van der Waals surface area contributed by atoms with Crippen LogP contribution < -0.4 is 10.6 Å². The molecular formula is C11H14ClN3S. The number of hydrogen-bond donors (Lipinski definition) is 2. The van der Waals surface area contributed by atoms with Crippen LogP contribution in [0.25, 0.3) is 0 Å². The van der Waals surface area contributed by atoms with Crippen LogP contribution in [0.2, 0.25) is 5.02 Å². The van der Waals surface area contributed by atoms with Gasteiger partial charge in [-0.25, -0.2) is 4.99 Å². The van der Waals surface area contributed by atoms with Gasteiger partial charge in [-0.2, -0.15) is 0 Å². The number of rotatable bonds is 1. The number of guanidine groups is 1. The van der Waals surface area contributed by atoms with Crippen molar-refractivity contribution in [1.29, 1.82) is 0 Å². The number of anilines is 1. The van der Waals surface area contributed by atoms with Gasteiger partial charge in [0.2, 0.25) is 0 Å². The maximum atomic E-state index is 6.04. The van der Waals surface area contributed by atoms with Crippen LogP contribution in [0.1, 0.15) is 25.7 Å². The molecule has 1 fully saturated rings. The van der Waals surface area contributed by atoms with Gasteiger partial charge in [0.25, 0.3) is 0 Å². The van der Waals surface area contributed by atoms with Crippen molar-refractivity contribution in [2.24, 2.45) is 4.99 Å². The van der Waals surface area contributed by atoms with Gasteiger partial charge in [-0.05, 0) is 12.8 Å². The van der Waals surface area contributed by atoms with Crippen LogP contribution in [0.3, 0.4) is 0 Å².